The number of anilines is 6. The lowest BCUT2D eigenvalue weighted by Gasteiger charge is -2.42. The summed E-state index contributed by atoms with van der Waals surface area (Å²) in [6.45, 7) is 14.1. The van der Waals surface area contributed by atoms with E-state index in [0.717, 1.165) is 0 Å². The second kappa shape index (κ2) is 14.6. The zero-order valence-corrected chi connectivity index (χ0v) is 42.3. The first-order valence-corrected chi connectivity index (χ1v) is 26.7. The summed E-state index contributed by atoms with van der Waals surface area (Å²) in [7, 11) is 0. The van der Waals surface area contributed by atoms with E-state index in [1.807, 2.05) is 22.7 Å². The standard InChI is InChI=1S/C66H49BN2S2/c1-65(2,3)38-26-32-58-54(34-38)61-63(70-58)67-60-56(68(61)40-28-30-50-46-20-9-7-16-42(46)44-18-11-13-22-48(44)52(50)36-40)24-15-25-57(60)69(62-55-35-39(66(4,5)6)27-33-59(55)71-64(62)67)41-29-31-51-47-21-10-8-17-43(47)45-19-12-14-23-49(45)53(51)37-41/h7-37H,1-6H3. The van der Waals surface area contributed by atoms with E-state index in [2.05, 4.69) is 239 Å². The third kappa shape index (κ3) is 5.82. The molecule has 0 spiro atoms. The molecule has 13 aromatic rings. The van der Waals surface area contributed by atoms with Gasteiger partial charge in [-0.25, -0.2) is 0 Å². The molecule has 2 aromatic heterocycles. The highest BCUT2D eigenvalue weighted by Crippen LogP contribution is 2.52. The van der Waals surface area contributed by atoms with Crippen LogP contribution in [0.2, 0.25) is 0 Å². The molecule has 0 bridgehead atoms. The lowest BCUT2D eigenvalue weighted by atomic mass is 9.39. The van der Waals surface area contributed by atoms with Crippen LogP contribution >= 0.6 is 22.7 Å². The van der Waals surface area contributed by atoms with Crippen LogP contribution in [0.5, 0.6) is 0 Å². The summed E-state index contributed by atoms with van der Waals surface area (Å²) >= 11 is 3.99. The van der Waals surface area contributed by atoms with Crippen molar-refractivity contribution >= 4 is 163 Å². The highest BCUT2D eigenvalue weighted by atomic mass is 32.1. The maximum atomic E-state index is 2.65. The smallest absolute Gasteiger partial charge is 0.277 e. The molecule has 11 aromatic carbocycles. The Morgan fingerprint density at radius 3 is 1.01 bits per heavy atom. The summed E-state index contributed by atoms with van der Waals surface area (Å²) in [6, 6.07) is 72.0. The van der Waals surface area contributed by atoms with E-state index < -0.39 is 0 Å². The minimum Gasteiger partial charge on any atom is -0.310 e. The molecule has 338 valence electrons. The zero-order chi connectivity index (χ0) is 47.7. The van der Waals surface area contributed by atoms with Crippen molar-refractivity contribution in [2.24, 2.45) is 0 Å². The molecule has 0 amide bonds. The van der Waals surface area contributed by atoms with Crippen LogP contribution in [0.4, 0.5) is 34.1 Å². The van der Waals surface area contributed by atoms with Gasteiger partial charge in [0.15, 0.2) is 0 Å². The molecule has 4 heterocycles. The molecule has 2 aliphatic rings. The fourth-order valence-electron chi connectivity index (χ4n) is 12.4. The lowest BCUT2D eigenvalue weighted by Crippen LogP contribution is -2.59. The summed E-state index contributed by atoms with van der Waals surface area (Å²) in [4.78, 5) is 5.29. The minimum atomic E-state index is -0.0112. The number of benzene rings is 11. The first-order valence-electron chi connectivity index (χ1n) is 25.0. The van der Waals surface area contributed by atoms with Crippen molar-refractivity contribution < 1.29 is 0 Å². The SMILES string of the molecule is CC(C)(C)c1ccc2sc3c(c2c1)N(c1ccc2c4ccccc4c4ccccc4c2c1)c1cccc2c1B3c1sc3ccc(C(C)(C)C)cc3c1N2c1ccc2c3ccccc3c3ccccc3c2c1. The van der Waals surface area contributed by atoms with Crippen molar-refractivity contribution in [3.8, 4) is 0 Å². The molecule has 0 aliphatic carbocycles. The second-order valence-electron chi connectivity index (χ2n) is 22.0. The summed E-state index contributed by atoms with van der Waals surface area (Å²) < 4.78 is 5.48. The molecular formula is C66H49BN2S2. The molecular weight excluding hydrogens is 896 g/mol. The predicted octanol–water partition coefficient (Wildman–Crippen LogP) is 17.7. The van der Waals surface area contributed by atoms with Gasteiger partial charge in [-0.15, -0.1) is 22.7 Å². The fourth-order valence-corrected chi connectivity index (χ4v) is 15.1. The molecule has 71 heavy (non-hydrogen) atoms. The third-order valence-corrected chi connectivity index (χ3v) is 18.3. The number of fused-ring (bicyclic) bond motifs is 20. The zero-order valence-electron chi connectivity index (χ0n) is 40.7. The third-order valence-electron chi connectivity index (χ3n) is 15.9. The largest absolute Gasteiger partial charge is 0.310 e. The average Bonchev–Trinajstić information content (AvgIpc) is 3.97. The van der Waals surface area contributed by atoms with Gasteiger partial charge in [0.25, 0.3) is 6.71 Å². The first kappa shape index (κ1) is 41.4. The van der Waals surface area contributed by atoms with E-state index in [-0.39, 0.29) is 17.5 Å². The Morgan fingerprint density at radius 2 is 0.662 bits per heavy atom. The van der Waals surface area contributed by atoms with Crippen molar-refractivity contribution in [2.45, 2.75) is 52.4 Å². The van der Waals surface area contributed by atoms with Crippen LogP contribution in [0.15, 0.2) is 188 Å². The molecule has 5 heteroatoms. The quantitative estimate of drug-likeness (QED) is 0.126. The topological polar surface area (TPSA) is 6.48 Å². The highest BCUT2D eigenvalue weighted by Gasteiger charge is 2.47. The Balaban J connectivity index is 1.06. The van der Waals surface area contributed by atoms with Crippen LogP contribution in [0.3, 0.4) is 0 Å². The van der Waals surface area contributed by atoms with Gasteiger partial charge in [-0.1, -0.05) is 169 Å². The Kier molecular flexibility index (Phi) is 8.49. The number of rotatable bonds is 2. The Morgan fingerprint density at radius 1 is 0.324 bits per heavy atom. The maximum absolute atomic E-state index is 2.65. The van der Waals surface area contributed by atoms with E-state index in [1.54, 1.807) is 0 Å². The van der Waals surface area contributed by atoms with Crippen LogP contribution in [0.25, 0.3) is 84.8 Å². The van der Waals surface area contributed by atoms with Crippen LogP contribution in [-0.4, -0.2) is 6.71 Å². The molecule has 0 saturated heterocycles. The molecule has 2 aliphatic heterocycles. The number of hydrogen-bond acceptors (Lipinski definition) is 4. The summed E-state index contributed by atoms with van der Waals surface area (Å²) in [5.74, 6) is 0. The molecule has 0 atom stereocenters. The second-order valence-corrected chi connectivity index (χ2v) is 24.2. The average molecular weight is 945 g/mol. The van der Waals surface area contributed by atoms with Gasteiger partial charge >= 0.3 is 0 Å². The molecule has 15 rings (SSSR count). The van der Waals surface area contributed by atoms with Gasteiger partial charge in [0, 0.05) is 52.5 Å². The van der Waals surface area contributed by atoms with Crippen molar-refractivity contribution in [1.29, 1.82) is 0 Å². The molecule has 0 fully saturated rings. The lowest BCUT2D eigenvalue weighted by molar-refractivity contribution is 0.591. The molecule has 0 saturated carbocycles. The van der Waals surface area contributed by atoms with E-state index in [1.165, 1.54) is 145 Å². The van der Waals surface area contributed by atoms with Gasteiger partial charge in [-0.05, 0) is 153 Å². The Labute approximate surface area is 422 Å². The normalized spacial score (nSPS) is 13.7. The Bertz CT molecular complexity index is 4110. The van der Waals surface area contributed by atoms with Gasteiger partial charge < -0.3 is 9.80 Å². The van der Waals surface area contributed by atoms with E-state index in [9.17, 15) is 0 Å². The van der Waals surface area contributed by atoms with E-state index >= 15 is 0 Å². The van der Waals surface area contributed by atoms with Crippen LogP contribution in [0.1, 0.15) is 52.7 Å². The molecule has 0 unspecified atom stereocenters. The van der Waals surface area contributed by atoms with Crippen LogP contribution in [0, 0.1) is 0 Å². The molecule has 2 nitrogen and oxygen atoms in total. The van der Waals surface area contributed by atoms with E-state index in [0.29, 0.717) is 0 Å². The van der Waals surface area contributed by atoms with Gasteiger partial charge in [0.05, 0.1) is 11.4 Å². The monoisotopic (exact) mass is 944 g/mol. The number of thiophene rings is 2. The van der Waals surface area contributed by atoms with Gasteiger partial charge in [0.1, 0.15) is 0 Å². The number of nitrogens with zero attached hydrogens (tertiary/aromatic N) is 2. The first-order chi connectivity index (χ1) is 34.5. The predicted molar refractivity (Wildman–Crippen MR) is 314 cm³/mol. The minimum absolute atomic E-state index is 0.0112. The summed E-state index contributed by atoms with van der Waals surface area (Å²) in [5, 5.41) is 18.1. The van der Waals surface area contributed by atoms with Gasteiger partial charge in [0.2, 0.25) is 0 Å². The van der Waals surface area contributed by atoms with Crippen molar-refractivity contribution in [3.63, 3.8) is 0 Å². The van der Waals surface area contributed by atoms with Crippen molar-refractivity contribution in [3.05, 3.63) is 199 Å². The van der Waals surface area contributed by atoms with Crippen molar-refractivity contribution in [2.75, 3.05) is 9.80 Å². The van der Waals surface area contributed by atoms with Gasteiger partial charge in [-0.3, -0.25) is 0 Å². The Hall–Kier alpha value is -7.44. The summed E-state index contributed by atoms with van der Waals surface area (Å²) in [5.41, 5.74) is 11.5. The van der Waals surface area contributed by atoms with Crippen molar-refractivity contribution in [1.82, 2.24) is 0 Å². The number of hydrogen-bond donors (Lipinski definition) is 0. The maximum Gasteiger partial charge on any atom is 0.277 e. The van der Waals surface area contributed by atoms with Crippen LogP contribution < -0.4 is 24.8 Å². The van der Waals surface area contributed by atoms with Gasteiger partial charge in [-0.2, -0.15) is 0 Å². The fraction of sp³-hybridized carbons (Fsp3) is 0.121. The van der Waals surface area contributed by atoms with E-state index in [4.69, 9.17) is 0 Å². The van der Waals surface area contributed by atoms with Crippen LogP contribution in [-0.2, 0) is 10.8 Å². The molecule has 0 N–H and O–H groups in total. The molecule has 0 radical (unpaired) electrons. The highest BCUT2D eigenvalue weighted by molar-refractivity contribution is 7.40. The summed E-state index contributed by atoms with van der Waals surface area (Å²) in [6.07, 6.45) is 0.